The van der Waals surface area contributed by atoms with Crippen molar-refractivity contribution < 1.29 is 4.79 Å². The average molecular weight is 359 g/mol. The molecule has 1 aromatic heterocycles. The number of aromatic nitrogens is 2. The molecule has 132 valence electrons. The van der Waals surface area contributed by atoms with Gasteiger partial charge in [-0.25, -0.2) is 4.98 Å². The van der Waals surface area contributed by atoms with E-state index < -0.39 is 0 Å². The Balaban J connectivity index is 1.68. The molecule has 6 heteroatoms. The lowest BCUT2D eigenvalue weighted by Crippen LogP contribution is -2.42. The van der Waals surface area contributed by atoms with Crippen LogP contribution in [0.3, 0.4) is 0 Å². The van der Waals surface area contributed by atoms with Crippen molar-refractivity contribution in [1.82, 2.24) is 19.8 Å². The summed E-state index contributed by atoms with van der Waals surface area (Å²) < 4.78 is 0. The molecular weight excluding hydrogens is 336 g/mol. The molecule has 3 rings (SSSR count). The predicted molar refractivity (Wildman–Crippen MR) is 99.6 cm³/mol. The van der Waals surface area contributed by atoms with Gasteiger partial charge in [0, 0.05) is 35.8 Å². The summed E-state index contributed by atoms with van der Waals surface area (Å²) in [5.74, 6) is 0.539. The van der Waals surface area contributed by atoms with Gasteiger partial charge in [-0.3, -0.25) is 9.78 Å². The highest BCUT2D eigenvalue weighted by Crippen LogP contribution is 2.28. The van der Waals surface area contributed by atoms with E-state index in [0.717, 1.165) is 42.9 Å². The van der Waals surface area contributed by atoms with E-state index in [-0.39, 0.29) is 5.91 Å². The number of hydrogen-bond acceptors (Lipinski definition) is 4. The van der Waals surface area contributed by atoms with Crippen LogP contribution in [0.15, 0.2) is 36.7 Å². The molecule has 1 saturated heterocycles. The van der Waals surface area contributed by atoms with Gasteiger partial charge < -0.3 is 9.80 Å². The highest BCUT2D eigenvalue weighted by molar-refractivity contribution is 6.30. The molecule has 5 nitrogen and oxygen atoms in total. The van der Waals surface area contributed by atoms with Gasteiger partial charge in [0.05, 0.1) is 24.1 Å². The SMILES string of the molecule is CN(C)CC(=O)N1CCC(c2cncc(-c3cccc(Cl)c3)n2)CC1. The topological polar surface area (TPSA) is 49.3 Å². The monoisotopic (exact) mass is 358 g/mol. The van der Waals surface area contributed by atoms with Crippen molar-refractivity contribution in [3.8, 4) is 11.3 Å². The standard InChI is InChI=1S/C19H23ClN4O/c1-23(2)13-19(25)24-8-6-14(7-9-24)17-11-21-12-18(22-17)15-4-3-5-16(20)10-15/h3-5,10-12,14H,6-9,13H2,1-2H3. The smallest absolute Gasteiger partial charge is 0.236 e. The number of likely N-dealkylation sites (tertiary alicyclic amines) is 1. The van der Waals surface area contributed by atoms with E-state index in [1.807, 2.05) is 54.4 Å². The summed E-state index contributed by atoms with van der Waals surface area (Å²) in [5.41, 5.74) is 2.81. The van der Waals surface area contributed by atoms with Crippen LogP contribution in [0, 0.1) is 0 Å². The minimum atomic E-state index is 0.196. The molecule has 1 fully saturated rings. The normalized spacial score (nSPS) is 15.6. The molecular formula is C19H23ClN4O. The molecule has 1 aliphatic rings. The quantitative estimate of drug-likeness (QED) is 0.842. The molecule has 0 radical (unpaired) electrons. The number of likely N-dealkylation sites (N-methyl/N-ethyl adjacent to an activating group) is 1. The second-order valence-corrected chi connectivity index (χ2v) is 7.17. The largest absolute Gasteiger partial charge is 0.342 e. The average Bonchev–Trinajstić information content (AvgIpc) is 2.61. The van der Waals surface area contributed by atoms with Gasteiger partial charge in [-0.2, -0.15) is 0 Å². The van der Waals surface area contributed by atoms with Crippen LogP contribution >= 0.6 is 11.6 Å². The Morgan fingerprint density at radius 2 is 2.04 bits per heavy atom. The summed E-state index contributed by atoms with van der Waals surface area (Å²) in [6.07, 6.45) is 5.46. The minimum Gasteiger partial charge on any atom is -0.342 e. The van der Waals surface area contributed by atoms with Gasteiger partial charge in [0.25, 0.3) is 0 Å². The maximum Gasteiger partial charge on any atom is 0.236 e. The molecule has 25 heavy (non-hydrogen) atoms. The molecule has 0 atom stereocenters. The van der Waals surface area contributed by atoms with E-state index >= 15 is 0 Å². The molecule has 0 spiro atoms. The van der Waals surface area contributed by atoms with E-state index in [1.165, 1.54) is 0 Å². The Kier molecular flexibility index (Phi) is 5.66. The van der Waals surface area contributed by atoms with Crippen LogP contribution in [0.2, 0.25) is 5.02 Å². The molecule has 0 bridgehead atoms. The van der Waals surface area contributed by atoms with Crippen molar-refractivity contribution in [3.63, 3.8) is 0 Å². The fraction of sp³-hybridized carbons (Fsp3) is 0.421. The lowest BCUT2D eigenvalue weighted by molar-refractivity contribution is -0.132. The zero-order chi connectivity index (χ0) is 17.8. The molecule has 2 aromatic rings. The van der Waals surface area contributed by atoms with E-state index in [4.69, 9.17) is 16.6 Å². The number of carbonyl (C=O) groups is 1. The first-order chi connectivity index (χ1) is 12.0. The lowest BCUT2D eigenvalue weighted by atomic mass is 9.93. The van der Waals surface area contributed by atoms with Gasteiger partial charge in [-0.1, -0.05) is 23.7 Å². The third-order valence-corrected chi connectivity index (χ3v) is 4.73. The summed E-state index contributed by atoms with van der Waals surface area (Å²) in [6, 6.07) is 7.66. The Morgan fingerprint density at radius 1 is 1.28 bits per heavy atom. The van der Waals surface area contributed by atoms with Crippen LogP contribution in [0.5, 0.6) is 0 Å². The summed E-state index contributed by atoms with van der Waals surface area (Å²) >= 11 is 6.08. The van der Waals surface area contributed by atoms with Crippen LogP contribution in [-0.4, -0.2) is 59.4 Å². The summed E-state index contributed by atoms with van der Waals surface area (Å²) in [4.78, 5) is 25.2. The fourth-order valence-electron chi connectivity index (χ4n) is 3.16. The van der Waals surface area contributed by atoms with Gasteiger partial charge >= 0.3 is 0 Å². The fourth-order valence-corrected chi connectivity index (χ4v) is 3.35. The summed E-state index contributed by atoms with van der Waals surface area (Å²) in [7, 11) is 3.84. The van der Waals surface area contributed by atoms with Crippen LogP contribution < -0.4 is 0 Å². The third-order valence-electron chi connectivity index (χ3n) is 4.49. The number of halogens is 1. The van der Waals surface area contributed by atoms with Crippen molar-refractivity contribution >= 4 is 17.5 Å². The summed E-state index contributed by atoms with van der Waals surface area (Å²) in [6.45, 7) is 2.02. The van der Waals surface area contributed by atoms with Crippen LogP contribution in [-0.2, 0) is 4.79 Å². The molecule has 1 aromatic carbocycles. The van der Waals surface area contributed by atoms with Crippen molar-refractivity contribution in [1.29, 1.82) is 0 Å². The van der Waals surface area contributed by atoms with Gasteiger partial charge in [0.1, 0.15) is 0 Å². The molecule has 0 N–H and O–H groups in total. The highest BCUT2D eigenvalue weighted by atomic mass is 35.5. The number of rotatable bonds is 4. The van der Waals surface area contributed by atoms with Crippen molar-refractivity contribution in [2.24, 2.45) is 0 Å². The van der Waals surface area contributed by atoms with E-state index in [1.54, 1.807) is 6.20 Å². The van der Waals surface area contributed by atoms with Crippen LogP contribution in [0.1, 0.15) is 24.5 Å². The molecule has 0 saturated carbocycles. The maximum atomic E-state index is 12.2. The predicted octanol–water partition coefficient (Wildman–Crippen LogP) is 3.06. The number of hydrogen-bond donors (Lipinski definition) is 0. The van der Waals surface area contributed by atoms with E-state index in [2.05, 4.69) is 4.98 Å². The van der Waals surface area contributed by atoms with Crippen LogP contribution in [0.25, 0.3) is 11.3 Å². The molecule has 2 heterocycles. The molecule has 1 aliphatic heterocycles. The Hall–Kier alpha value is -1.98. The minimum absolute atomic E-state index is 0.196. The van der Waals surface area contributed by atoms with Gasteiger partial charge in [0.15, 0.2) is 0 Å². The number of carbonyl (C=O) groups excluding carboxylic acids is 1. The summed E-state index contributed by atoms with van der Waals surface area (Å²) in [5, 5.41) is 0.692. The zero-order valence-electron chi connectivity index (χ0n) is 14.7. The van der Waals surface area contributed by atoms with Crippen molar-refractivity contribution in [2.75, 3.05) is 33.7 Å². The number of amides is 1. The number of benzene rings is 1. The van der Waals surface area contributed by atoms with E-state index in [9.17, 15) is 4.79 Å². The van der Waals surface area contributed by atoms with Crippen molar-refractivity contribution in [2.45, 2.75) is 18.8 Å². The van der Waals surface area contributed by atoms with Gasteiger partial charge in [-0.05, 0) is 39.1 Å². The highest BCUT2D eigenvalue weighted by Gasteiger charge is 2.25. The first-order valence-electron chi connectivity index (χ1n) is 8.53. The Bertz CT molecular complexity index is 742. The maximum absolute atomic E-state index is 12.2. The second kappa shape index (κ2) is 7.93. The van der Waals surface area contributed by atoms with E-state index in [0.29, 0.717) is 17.5 Å². The molecule has 1 amide bonds. The number of nitrogens with zero attached hydrogens (tertiary/aromatic N) is 4. The second-order valence-electron chi connectivity index (χ2n) is 6.73. The lowest BCUT2D eigenvalue weighted by Gasteiger charge is -2.32. The zero-order valence-corrected chi connectivity index (χ0v) is 15.4. The first kappa shape index (κ1) is 17.8. The first-order valence-corrected chi connectivity index (χ1v) is 8.91. The Labute approximate surface area is 153 Å². The van der Waals surface area contributed by atoms with Crippen molar-refractivity contribution in [3.05, 3.63) is 47.4 Å². The van der Waals surface area contributed by atoms with Gasteiger partial charge in [-0.15, -0.1) is 0 Å². The third kappa shape index (κ3) is 4.55. The number of piperidine rings is 1. The molecule has 0 unspecified atom stereocenters. The Morgan fingerprint density at radius 3 is 2.72 bits per heavy atom. The molecule has 0 aliphatic carbocycles. The van der Waals surface area contributed by atoms with Crippen LogP contribution in [0.4, 0.5) is 0 Å². The van der Waals surface area contributed by atoms with Gasteiger partial charge in [0.2, 0.25) is 5.91 Å².